The van der Waals surface area contributed by atoms with Gasteiger partial charge in [0.05, 0.1) is 10.6 Å². The molecule has 0 aliphatic carbocycles. The van der Waals surface area contributed by atoms with Crippen LogP contribution >= 0.6 is 11.6 Å². The number of halogens is 3. The third-order valence-corrected chi connectivity index (χ3v) is 1.60. The van der Waals surface area contributed by atoms with Crippen LogP contribution in [0.1, 0.15) is 5.56 Å². The van der Waals surface area contributed by atoms with Crippen LogP contribution < -0.4 is 4.74 Å². The molecule has 0 N–H and O–H groups in total. The number of nitrogens with zero attached hydrogens (tertiary/aromatic N) is 1. The summed E-state index contributed by atoms with van der Waals surface area (Å²) in [5.41, 5.74) is 0.225. The van der Waals surface area contributed by atoms with Crippen molar-refractivity contribution in [2.75, 3.05) is 0 Å². The number of alkyl halides is 2. The van der Waals surface area contributed by atoms with Crippen molar-refractivity contribution < 1.29 is 13.5 Å². The molecule has 0 amide bonds. The monoisotopic (exact) mass is 203 g/mol. The summed E-state index contributed by atoms with van der Waals surface area (Å²) in [5, 5.41) is 8.57. The molecule has 2 nitrogen and oxygen atoms in total. The quantitative estimate of drug-likeness (QED) is 0.741. The van der Waals surface area contributed by atoms with Gasteiger partial charge in [0.1, 0.15) is 11.8 Å². The fourth-order valence-corrected chi connectivity index (χ4v) is 0.975. The van der Waals surface area contributed by atoms with E-state index in [1.807, 2.05) is 0 Å². The Bertz CT molecular complexity index is 348. The molecule has 0 aliphatic heterocycles. The van der Waals surface area contributed by atoms with Gasteiger partial charge in [-0.3, -0.25) is 0 Å². The Morgan fingerprint density at radius 2 is 2.15 bits per heavy atom. The lowest BCUT2D eigenvalue weighted by molar-refractivity contribution is -0.0498. The molecule has 1 rings (SSSR count). The van der Waals surface area contributed by atoms with Crippen molar-refractivity contribution in [3.63, 3.8) is 0 Å². The van der Waals surface area contributed by atoms with Crippen LogP contribution in [0.3, 0.4) is 0 Å². The molecule has 1 aromatic rings. The van der Waals surface area contributed by atoms with Crippen molar-refractivity contribution in [1.82, 2.24) is 0 Å². The molecular weight excluding hydrogens is 200 g/mol. The van der Waals surface area contributed by atoms with Gasteiger partial charge in [-0.2, -0.15) is 14.0 Å². The van der Waals surface area contributed by atoms with Crippen LogP contribution in [0.15, 0.2) is 18.2 Å². The molecule has 0 radical (unpaired) electrons. The number of rotatable bonds is 2. The summed E-state index contributed by atoms with van der Waals surface area (Å²) >= 11 is 5.57. The fourth-order valence-electron chi connectivity index (χ4n) is 0.763. The predicted molar refractivity (Wildman–Crippen MR) is 42.8 cm³/mol. The lowest BCUT2D eigenvalue weighted by atomic mass is 10.2. The summed E-state index contributed by atoms with van der Waals surface area (Å²) in [4.78, 5) is 0. The summed E-state index contributed by atoms with van der Waals surface area (Å²) in [5.74, 6) is -0.0565. The van der Waals surface area contributed by atoms with E-state index in [0.29, 0.717) is 0 Å². The minimum Gasteiger partial charge on any atom is -0.435 e. The Balaban J connectivity index is 2.91. The SMILES string of the molecule is N#Cc1ccc(OC(F)F)cc1Cl. The van der Waals surface area contributed by atoms with Crippen LogP contribution in [-0.2, 0) is 0 Å². The Kier molecular flexibility index (Phi) is 3.04. The van der Waals surface area contributed by atoms with E-state index in [0.717, 1.165) is 0 Å². The molecule has 0 aromatic heterocycles. The van der Waals surface area contributed by atoms with Crippen molar-refractivity contribution >= 4 is 11.6 Å². The van der Waals surface area contributed by atoms with Gasteiger partial charge in [-0.25, -0.2) is 0 Å². The third-order valence-electron chi connectivity index (χ3n) is 1.29. The number of hydrogen-bond acceptors (Lipinski definition) is 2. The molecule has 0 bridgehead atoms. The Morgan fingerprint density at radius 3 is 2.62 bits per heavy atom. The second kappa shape index (κ2) is 4.06. The van der Waals surface area contributed by atoms with E-state index < -0.39 is 6.61 Å². The zero-order valence-electron chi connectivity index (χ0n) is 6.30. The van der Waals surface area contributed by atoms with Gasteiger partial charge in [0.2, 0.25) is 0 Å². The summed E-state index contributed by atoms with van der Waals surface area (Å²) in [7, 11) is 0. The van der Waals surface area contributed by atoms with Gasteiger partial charge in [-0.15, -0.1) is 0 Å². The van der Waals surface area contributed by atoms with Gasteiger partial charge >= 0.3 is 6.61 Å². The van der Waals surface area contributed by atoms with E-state index in [1.54, 1.807) is 6.07 Å². The summed E-state index contributed by atoms with van der Waals surface area (Å²) < 4.78 is 27.5. The molecule has 0 saturated carbocycles. The lowest BCUT2D eigenvalue weighted by Gasteiger charge is -2.04. The number of ether oxygens (including phenoxy) is 1. The van der Waals surface area contributed by atoms with E-state index in [9.17, 15) is 8.78 Å². The summed E-state index contributed by atoms with van der Waals surface area (Å²) in [6.07, 6.45) is 0. The van der Waals surface area contributed by atoms with Crippen molar-refractivity contribution in [2.45, 2.75) is 6.61 Å². The fraction of sp³-hybridized carbons (Fsp3) is 0.125. The molecule has 13 heavy (non-hydrogen) atoms. The van der Waals surface area contributed by atoms with Gasteiger partial charge in [0.15, 0.2) is 0 Å². The van der Waals surface area contributed by atoms with Crippen molar-refractivity contribution in [1.29, 1.82) is 5.26 Å². The van der Waals surface area contributed by atoms with Gasteiger partial charge < -0.3 is 4.74 Å². The van der Waals surface area contributed by atoms with E-state index in [-0.39, 0.29) is 16.3 Å². The average Bonchev–Trinajstić information content (AvgIpc) is 2.03. The van der Waals surface area contributed by atoms with Gasteiger partial charge in [-0.05, 0) is 12.1 Å². The summed E-state index contributed by atoms with van der Waals surface area (Å²) in [6, 6.07) is 5.55. The Labute approximate surface area is 78.3 Å². The van der Waals surface area contributed by atoms with E-state index in [1.165, 1.54) is 18.2 Å². The van der Waals surface area contributed by atoms with E-state index >= 15 is 0 Å². The molecule has 0 fully saturated rings. The highest BCUT2D eigenvalue weighted by Gasteiger charge is 2.06. The third kappa shape index (κ3) is 2.56. The Hall–Kier alpha value is -1.34. The first-order valence-electron chi connectivity index (χ1n) is 3.28. The van der Waals surface area contributed by atoms with Crippen LogP contribution in [0.2, 0.25) is 5.02 Å². The number of benzene rings is 1. The second-order valence-electron chi connectivity index (χ2n) is 2.13. The summed E-state index contributed by atoms with van der Waals surface area (Å²) in [6.45, 7) is -2.89. The standard InChI is InChI=1S/C8H4ClF2NO/c9-7-3-6(13-8(10)11)2-1-5(7)4-12/h1-3,8H. The normalized spacial score (nSPS) is 9.77. The first-order valence-corrected chi connectivity index (χ1v) is 3.65. The van der Waals surface area contributed by atoms with Crippen LogP contribution in [0.4, 0.5) is 8.78 Å². The molecule has 1 aromatic carbocycles. The zero-order chi connectivity index (χ0) is 9.84. The van der Waals surface area contributed by atoms with E-state index in [2.05, 4.69) is 4.74 Å². The molecular formula is C8H4ClF2NO. The average molecular weight is 204 g/mol. The zero-order valence-corrected chi connectivity index (χ0v) is 7.05. The minimum absolute atomic E-state index is 0.0565. The van der Waals surface area contributed by atoms with Crippen LogP contribution in [-0.4, -0.2) is 6.61 Å². The topological polar surface area (TPSA) is 33.0 Å². The first kappa shape index (κ1) is 9.75. The Morgan fingerprint density at radius 1 is 1.46 bits per heavy atom. The van der Waals surface area contributed by atoms with Gasteiger partial charge in [0.25, 0.3) is 0 Å². The molecule has 0 aliphatic rings. The number of hydrogen-bond donors (Lipinski definition) is 0. The smallest absolute Gasteiger partial charge is 0.387 e. The highest BCUT2D eigenvalue weighted by Crippen LogP contribution is 2.22. The molecule has 5 heteroatoms. The van der Waals surface area contributed by atoms with E-state index in [4.69, 9.17) is 16.9 Å². The molecule has 68 valence electrons. The molecule has 0 spiro atoms. The molecule has 0 saturated heterocycles. The molecule has 0 atom stereocenters. The van der Waals surface area contributed by atoms with Crippen molar-refractivity contribution in [2.24, 2.45) is 0 Å². The maximum Gasteiger partial charge on any atom is 0.387 e. The van der Waals surface area contributed by atoms with Gasteiger partial charge in [0, 0.05) is 6.07 Å². The highest BCUT2D eigenvalue weighted by molar-refractivity contribution is 6.31. The maximum absolute atomic E-state index is 11.7. The van der Waals surface area contributed by atoms with Gasteiger partial charge in [-0.1, -0.05) is 11.6 Å². The maximum atomic E-state index is 11.7. The van der Waals surface area contributed by atoms with Crippen molar-refractivity contribution in [3.8, 4) is 11.8 Å². The second-order valence-corrected chi connectivity index (χ2v) is 2.54. The largest absolute Gasteiger partial charge is 0.435 e. The lowest BCUT2D eigenvalue weighted by Crippen LogP contribution is -2.01. The van der Waals surface area contributed by atoms with Crippen LogP contribution in [0, 0.1) is 11.3 Å². The predicted octanol–water partition coefficient (Wildman–Crippen LogP) is 2.81. The van der Waals surface area contributed by atoms with Crippen molar-refractivity contribution in [3.05, 3.63) is 28.8 Å². The highest BCUT2D eigenvalue weighted by atomic mass is 35.5. The van der Waals surface area contributed by atoms with Crippen LogP contribution in [0.5, 0.6) is 5.75 Å². The molecule has 0 unspecified atom stereocenters. The van der Waals surface area contributed by atoms with Crippen LogP contribution in [0.25, 0.3) is 0 Å². The first-order chi connectivity index (χ1) is 6.13. The number of nitriles is 1. The minimum atomic E-state index is -2.89. The molecule has 0 heterocycles.